The van der Waals surface area contributed by atoms with Crippen molar-refractivity contribution < 1.29 is 23.4 Å². The molecule has 2 heterocycles. The minimum Gasteiger partial charge on any atom is -0.491 e. The summed E-state index contributed by atoms with van der Waals surface area (Å²) in [5, 5.41) is 16.1. The summed E-state index contributed by atoms with van der Waals surface area (Å²) in [6.45, 7) is -0.0903. The van der Waals surface area contributed by atoms with Crippen molar-refractivity contribution in [2.45, 2.75) is 55.9 Å². The van der Waals surface area contributed by atoms with Crippen LogP contribution >= 0.6 is 22.9 Å². The minimum absolute atomic E-state index is 0.0420. The number of ether oxygens (including phenoxy) is 1. The molecule has 2 aliphatic rings. The predicted molar refractivity (Wildman–Crippen MR) is 158 cm³/mol. The molecule has 2 aliphatic carbocycles. The van der Waals surface area contributed by atoms with Gasteiger partial charge in [0.15, 0.2) is 0 Å². The lowest BCUT2D eigenvalue weighted by atomic mass is 9.59. The monoisotopic (exact) mass is 596 g/mol. The number of halogens is 3. The highest BCUT2D eigenvalue weighted by Gasteiger charge is 2.54. The van der Waals surface area contributed by atoms with Crippen LogP contribution in [0.4, 0.5) is 14.5 Å². The number of alkyl halides is 2. The molecule has 2 unspecified atom stereocenters. The maximum absolute atomic E-state index is 14.5. The molecule has 6 rings (SSSR count). The Morgan fingerprint density at radius 2 is 1.93 bits per heavy atom. The molecular weight excluding hydrogens is 566 g/mol. The molecule has 0 saturated heterocycles. The largest absolute Gasteiger partial charge is 0.491 e. The zero-order valence-electron chi connectivity index (χ0n) is 22.4. The second-order valence-corrected chi connectivity index (χ2v) is 12.7. The Hall–Kier alpha value is -3.23. The lowest BCUT2D eigenvalue weighted by Gasteiger charge is -2.47. The fraction of sp³-hybridized carbons (Fsp3) is 0.375. The maximum atomic E-state index is 14.5. The molecule has 0 radical (unpaired) electrons. The van der Waals surface area contributed by atoms with Gasteiger partial charge in [0.2, 0.25) is 6.43 Å². The van der Waals surface area contributed by atoms with Gasteiger partial charge in [-0.1, -0.05) is 41.9 Å². The smallest absolute Gasteiger partial charge is 0.329 e. The fourth-order valence-electron chi connectivity index (χ4n) is 6.98. The van der Waals surface area contributed by atoms with E-state index in [0.717, 1.165) is 10.2 Å². The molecule has 0 aliphatic heterocycles. The third kappa shape index (κ3) is 5.28. The molecule has 2 N–H and O–H groups in total. The average molecular weight is 597 g/mol. The number of nitrogens with one attached hydrogen (secondary N) is 1. The van der Waals surface area contributed by atoms with Gasteiger partial charge in [0, 0.05) is 16.9 Å². The van der Waals surface area contributed by atoms with Crippen LogP contribution in [0, 0.1) is 11.8 Å². The molecule has 1 spiro atoms. The molecule has 1 fully saturated rings. The fourth-order valence-corrected chi connectivity index (χ4v) is 7.99. The molecular formula is C32H31ClF2N2O3S. The molecule has 2 aromatic carbocycles. The van der Waals surface area contributed by atoms with E-state index >= 15 is 0 Å². The first-order chi connectivity index (χ1) is 19.8. The number of rotatable bonds is 9. The van der Waals surface area contributed by atoms with Crippen LogP contribution in [0.2, 0.25) is 5.02 Å². The van der Waals surface area contributed by atoms with E-state index < -0.39 is 23.9 Å². The van der Waals surface area contributed by atoms with E-state index in [1.54, 1.807) is 30.5 Å². The summed E-state index contributed by atoms with van der Waals surface area (Å²) in [5.74, 6) is -1.33. The maximum Gasteiger partial charge on any atom is 0.329 e. The lowest BCUT2D eigenvalue weighted by Crippen LogP contribution is -2.53. The van der Waals surface area contributed by atoms with E-state index in [4.69, 9.17) is 16.3 Å². The van der Waals surface area contributed by atoms with Gasteiger partial charge in [0.25, 0.3) is 0 Å². The van der Waals surface area contributed by atoms with Crippen molar-refractivity contribution in [3.05, 3.63) is 88.4 Å². The highest BCUT2D eigenvalue weighted by atomic mass is 35.5. The Kier molecular flexibility index (Phi) is 7.64. The molecule has 41 heavy (non-hydrogen) atoms. The van der Waals surface area contributed by atoms with Gasteiger partial charge in [-0.3, -0.25) is 4.98 Å². The Bertz CT molecular complexity index is 1550. The van der Waals surface area contributed by atoms with Crippen molar-refractivity contribution >= 4 is 44.8 Å². The molecule has 5 nitrogen and oxygen atoms in total. The van der Waals surface area contributed by atoms with E-state index in [1.807, 2.05) is 29.6 Å². The number of benzene rings is 2. The number of hydrogen-bond acceptors (Lipinski definition) is 5. The SMILES string of the molecule is O=C(O)C1(Nc2cccc(Cl)c2)CCC2(CC1)c1ccccc1CC2CC(COc1ccnc2ccsc12)C(F)F. The van der Waals surface area contributed by atoms with Gasteiger partial charge >= 0.3 is 5.97 Å². The van der Waals surface area contributed by atoms with Gasteiger partial charge in [0.05, 0.1) is 22.7 Å². The summed E-state index contributed by atoms with van der Waals surface area (Å²) >= 11 is 7.64. The Morgan fingerprint density at radius 1 is 1.12 bits per heavy atom. The number of carboxylic acid groups (broad SMARTS) is 1. The first kappa shape index (κ1) is 27.9. The highest BCUT2D eigenvalue weighted by Crippen LogP contribution is 2.56. The van der Waals surface area contributed by atoms with Crippen LogP contribution in [-0.2, 0) is 16.6 Å². The molecule has 9 heteroatoms. The summed E-state index contributed by atoms with van der Waals surface area (Å²) in [4.78, 5) is 17.0. The van der Waals surface area contributed by atoms with Gasteiger partial charge in [0.1, 0.15) is 11.3 Å². The van der Waals surface area contributed by atoms with Crippen molar-refractivity contribution in [1.82, 2.24) is 4.98 Å². The third-order valence-corrected chi connectivity index (χ3v) is 10.3. The van der Waals surface area contributed by atoms with Gasteiger partial charge in [-0.2, -0.15) is 0 Å². The number of aliphatic carboxylic acids is 1. The van der Waals surface area contributed by atoms with E-state index in [9.17, 15) is 18.7 Å². The van der Waals surface area contributed by atoms with Crippen LogP contribution in [0.1, 0.15) is 43.2 Å². The van der Waals surface area contributed by atoms with Gasteiger partial charge in [-0.15, -0.1) is 11.3 Å². The summed E-state index contributed by atoms with van der Waals surface area (Å²) in [6, 6.07) is 18.9. The molecule has 0 amide bonds. The van der Waals surface area contributed by atoms with E-state index in [-0.39, 0.29) is 17.9 Å². The first-order valence-electron chi connectivity index (χ1n) is 13.9. The number of nitrogens with zero attached hydrogens (tertiary/aromatic N) is 1. The molecule has 214 valence electrons. The standard InChI is InChI=1S/C32H31ClF2N2O3S/c33-23-5-3-6-24(18-23)37-32(30(38)39)12-10-31(11-13-32)22(16-20-4-1-2-7-25(20)31)17-21(29(34)35)19-40-27-8-14-36-26-9-15-41-28(26)27/h1-9,14-15,18,21-22,29,37H,10-13,16-17,19H2,(H,38,39). The predicted octanol–water partition coefficient (Wildman–Crippen LogP) is 8.22. The van der Waals surface area contributed by atoms with Gasteiger partial charge < -0.3 is 15.2 Å². The van der Waals surface area contributed by atoms with Crippen molar-refractivity contribution in [2.75, 3.05) is 11.9 Å². The highest BCUT2D eigenvalue weighted by molar-refractivity contribution is 7.17. The summed E-state index contributed by atoms with van der Waals surface area (Å²) < 4.78 is 35.9. The zero-order valence-corrected chi connectivity index (χ0v) is 23.9. The van der Waals surface area contributed by atoms with E-state index in [2.05, 4.69) is 22.4 Å². The third-order valence-electron chi connectivity index (χ3n) is 9.12. The van der Waals surface area contributed by atoms with Crippen LogP contribution in [0.15, 0.2) is 72.2 Å². The van der Waals surface area contributed by atoms with Crippen molar-refractivity contribution in [3.8, 4) is 5.75 Å². The minimum atomic E-state index is -2.54. The molecule has 2 atom stereocenters. The number of carbonyl (C=O) groups is 1. The average Bonchev–Trinajstić information content (AvgIpc) is 3.56. The quantitative estimate of drug-likeness (QED) is 0.204. The number of pyridine rings is 1. The number of hydrogen-bond donors (Lipinski definition) is 2. The molecule has 1 saturated carbocycles. The van der Waals surface area contributed by atoms with E-state index in [1.165, 1.54) is 22.5 Å². The van der Waals surface area contributed by atoms with Crippen LogP contribution in [0.25, 0.3) is 10.2 Å². The first-order valence-corrected chi connectivity index (χ1v) is 15.1. The molecule has 4 aromatic rings. The number of aromatic nitrogens is 1. The Labute approximate surface area is 246 Å². The molecule has 0 bridgehead atoms. The van der Waals surface area contributed by atoms with Crippen molar-refractivity contribution in [2.24, 2.45) is 11.8 Å². The lowest BCUT2D eigenvalue weighted by molar-refractivity contribution is -0.144. The number of anilines is 1. The number of carboxylic acids is 1. The van der Waals surface area contributed by atoms with Gasteiger partial charge in [-0.25, -0.2) is 13.6 Å². The number of fused-ring (bicyclic) bond motifs is 3. The second kappa shape index (κ2) is 11.2. The van der Waals surface area contributed by atoms with Crippen LogP contribution in [0.3, 0.4) is 0 Å². The van der Waals surface area contributed by atoms with E-state index in [0.29, 0.717) is 55.0 Å². The van der Waals surface area contributed by atoms with Crippen LogP contribution in [0.5, 0.6) is 5.75 Å². The summed E-state index contributed by atoms with van der Waals surface area (Å²) in [6.07, 6.45) is 2.03. The summed E-state index contributed by atoms with van der Waals surface area (Å²) in [7, 11) is 0. The zero-order chi connectivity index (χ0) is 28.6. The second-order valence-electron chi connectivity index (χ2n) is 11.3. The normalized spacial score (nSPS) is 24.4. The molecule has 2 aromatic heterocycles. The Balaban J connectivity index is 1.24. The topological polar surface area (TPSA) is 71.5 Å². The van der Waals surface area contributed by atoms with Crippen LogP contribution in [-0.4, -0.2) is 34.6 Å². The van der Waals surface area contributed by atoms with Gasteiger partial charge in [-0.05, 0) is 96.7 Å². The van der Waals surface area contributed by atoms with Crippen molar-refractivity contribution in [1.29, 1.82) is 0 Å². The Morgan fingerprint density at radius 3 is 2.68 bits per heavy atom. The van der Waals surface area contributed by atoms with Crippen molar-refractivity contribution in [3.63, 3.8) is 0 Å². The van der Waals surface area contributed by atoms with Crippen LogP contribution < -0.4 is 10.1 Å². The summed E-state index contributed by atoms with van der Waals surface area (Å²) in [5.41, 5.74) is 2.28. The number of thiophene rings is 1.